The van der Waals surface area contributed by atoms with Crippen molar-refractivity contribution >= 4 is 11.6 Å². The molecule has 1 saturated carbocycles. The van der Waals surface area contributed by atoms with Crippen LogP contribution in [0.25, 0.3) is 0 Å². The normalized spacial score (nSPS) is 27.6. The molecule has 0 spiro atoms. The van der Waals surface area contributed by atoms with Crippen LogP contribution < -0.4 is 11.3 Å². The molecular formula is C16H24ClFN2O. The van der Waals surface area contributed by atoms with Crippen LogP contribution in [0, 0.1) is 11.7 Å². The van der Waals surface area contributed by atoms with Gasteiger partial charge >= 0.3 is 0 Å². The number of hydrazine groups is 1. The van der Waals surface area contributed by atoms with Crippen molar-refractivity contribution in [2.75, 3.05) is 7.11 Å². The topological polar surface area (TPSA) is 47.3 Å². The third-order valence-corrected chi connectivity index (χ3v) is 4.98. The van der Waals surface area contributed by atoms with Gasteiger partial charge in [0.05, 0.1) is 16.7 Å². The van der Waals surface area contributed by atoms with Crippen LogP contribution in [0.15, 0.2) is 18.2 Å². The van der Waals surface area contributed by atoms with Crippen molar-refractivity contribution in [3.63, 3.8) is 0 Å². The standard InChI is InChI=1S/C16H24ClFN2O/c1-11-5-4-8-16(10-11,21-2)14(20-19)9-12-6-3-7-13(17)15(12)18/h3,6-7,11,14,20H,4-5,8-10,19H2,1-2H3. The van der Waals surface area contributed by atoms with Crippen molar-refractivity contribution < 1.29 is 9.13 Å². The number of hydrogen-bond acceptors (Lipinski definition) is 3. The summed E-state index contributed by atoms with van der Waals surface area (Å²) in [5.41, 5.74) is 3.07. The van der Waals surface area contributed by atoms with Crippen LogP contribution in [-0.2, 0) is 11.2 Å². The second kappa shape index (κ2) is 7.05. The number of nitrogens with two attached hydrogens (primary N) is 1. The quantitative estimate of drug-likeness (QED) is 0.646. The second-order valence-corrected chi connectivity index (χ2v) is 6.51. The molecule has 0 heterocycles. The van der Waals surface area contributed by atoms with Gasteiger partial charge in [0.1, 0.15) is 5.82 Å². The molecule has 1 aliphatic carbocycles. The van der Waals surface area contributed by atoms with Crippen molar-refractivity contribution in [3.8, 4) is 0 Å². The predicted octanol–water partition coefficient (Wildman–Crippen LogP) is 3.45. The Balaban J connectivity index is 2.23. The van der Waals surface area contributed by atoms with Crippen LogP contribution in [-0.4, -0.2) is 18.8 Å². The highest BCUT2D eigenvalue weighted by Crippen LogP contribution is 2.38. The van der Waals surface area contributed by atoms with Gasteiger partial charge in [-0.05, 0) is 36.8 Å². The first-order chi connectivity index (χ1) is 10.0. The van der Waals surface area contributed by atoms with Crippen molar-refractivity contribution in [1.29, 1.82) is 0 Å². The van der Waals surface area contributed by atoms with Crippen molar-refractivity contribution in [2.24, 2.45) is 11.8 Å². The zero-order chi connectivity index (χ0) is 15.5. The Hall–Kier alpha value is -0.680. The van der Waals surface area contributed by atoms with E-state index in [1.807, 2.05) is 0 Å². The van der Waals surface area contributed by atoms with E-state index >= 15 is 0 Å². The monoisotopic (exact) mass is 314 g/mol. The Morgan fingerprint density at radius 3 is 2.95 bits per heavy atom. The number of methoxy groups -OCH3 is 1. The molecule has 0 aliphatic heterocycles. The molecule has 0 aromatic heterocycles. The summed E-state index contributed by atoms with van der Waals surface area (Å²) in [5, 5.41) is 0.145. The van der Waals surface area contributed by atoms with Crippen LogP contribution in [0.5, 0.6) is 0 Å². The molecule has 118 valence electrons. The van der Waals surface area contributed by atoms with Gasteiger partial charge in [-0.25, -0.2) is 4.39 Å². The van der Waals surface area contributed by atoms with Crippen LogP contribution in [0.2, 0.25) is 5.02 Å². The zero-order valence-electron chi connectivity index (χ0n) is 12.7. The van der Waals surface area contributed by atoms with Crippen molar-refractivity contribution in [2.45, 2.75) is 50.7 Å². The lowest BCUT2D eigenvalue weighted by atomic mass is 9.73. The summed E-state index contributed by atoms with van der Waals surface area (Å²) >= 11 is 5.86. The Morgan fingerprint density at radius 2 is 2.33 bits per heavy atom. The number of benzene rings is 1. The number of nitrogens with one attached hydrogen (secondary N) is 1. The molecule has 1 fully saturated rings. The van der Waals surface area contributed by atoms with Crippen LogP contribution in [0.1, 0.15) is 38.2 Å². The Bertz CT molecular complexity index is 485. The smallest absolute Gasteiger partial charge is 0.145 e. The fraction of sp³-hybridized carbons (Fsp3) is 0.625. The fourth-order valence-electron chi connectivity index (χ4n) is 3.51. The molecule has 1 aliphatic rings. The lowest BCUT2D eigenvalue weighted by molar-refractivity contribution is -0.0792. The Morgan fingerprint density at radius 1 is 1.57 bits per heavy atom. The Labute approximate surface area is 131 Å². The molecule has 1 aromatic carbocycles. The molecule has 3 nitrogen and oxygen atoms in total. The maximum Gasteiger partial charge on any atom is 0.145 e. The summed E-state index contributed by atoms with van der Waals surface area (Å²) in [7, 11) is 1.72. The van der Waals surface area contributed by atoms with E-state index in [0.29, 0.717) is 17.9 Å². The fourth-order valence-corrected chi connectivity index (χ4v) is 3.70. The van der Waals surface area contributed by atoms with Crippen LogP contribution in [0.4, 0.5) is 4.39 Å². The van der Waals surface area contributed by atoms with Gasteiger partial charge in [0, 0.05) is 7.11 Å². The molecule has 3 unspecified atom stereocenters. The van der Waals surface area contributed by atoms with E-state index in [0.717, 1.165) is 19.3 Å². The number of ether oxygens (including phenoxy) is 1. The molecule has 3 N–H and O–H groups in total. The van der Waals surface area contributed by atoms with Crippen molar-refractivity contribution in [1.82, 2.24) is 5.43 Å². The lowest BCUT2D eigenvalue weighted by Crippen LogP contribution is -2.57. The van der Waals surface area contributed by atoms with E-state index in [2.05, 4.69) is 12.3 Å². The molecule has 2 rings (SSSR count). The first-order valence-electron chi connectivity index (χ1n) is 7.46. The largest absolute Gasteiger partial charge is 0.377 e. The van der Waals surface area contributed by atoms with Gasteiger partial charge in [0.15, 0.2) is 0 Å². The predicted molar refractivity (Wildman–Crippen MR) is 83.6 cm³/mol. The summed E-state index contributed by atoms with van der Waals surface area (Å²) in [6.45, 7) is 2.22. The van der Waals surface area contributed by atoms with Gasteiger partial charge in [-0.3, -0.25) is 11.3 Å². The SMILES string of the molecule is COC1(C(Cc2cccc(Cl)c2F)NN)CCCC(C)C1. The minimum atomic E-state index is -0.366. The summed E-state index contributed by atoms with van der Waals surface area (Å²) in [4.78, 5) is 0. The average molecular weight is 315 g/mol. The third-order valence-electron chi connectivity index (χ3n) is 4.69. The highest BCUT2D eigenvalue weighted by Gasteiger charge is 2.42. The molecular weight excluding hydrogens is 291 g/mol. The molecule has 0 amide bonds. The minimum absolute atomic E-state index is 0.141. The highest BCUT2D eigenvalue weighted by atomic mass is 35.5. The lowest BCUT2D eigenvalue weighted by Gasteiger charge is -2.44. The molecule has 21 heavy (non-hydrogen) atoms. The van der Waals surface area contributed by atoms with E-state index in [1.165, 1.54) is 6.42 Å². The van der Waals surface area contributed by atoms with Crippen LogP contribution >= 0.6 is 11.6 Å². The Kier molecular flexibility index (Phi) is 5.60. The van der Waals surface area contributed by atoms with Gasteiger partial charge in [0.25, 0.3) is 0 Å². The molecule has 5 heteroatoms. The summed E-state index contributed by atoms with van der Waals surface area (Å²) in [6.07, 6.45) is 4.63. The van der Waals surface area contributed by atoms with Gasteiger partial charge in [0.2, 0.25) is 0 Å². The number of hydrogen-bond donors (Lipinski definition) is 2. The molecule has 0 bridgehead atoms. The van der Waals surface area contributed by atoms with E-state index < -0.39 is 0 Å². The summed E-state index contributed by atoms with van der Waals surface area (Å²) in [6, 6.07) is 4.93. The first kappa shape index (κ1) is 16.7. The second-order valence-electron chi connectivity index (χ2n) is 6.11. The number of halogens is 2. The van der Waals surface area contributed by atoms with Gasteiger partial charge < -0.3 is 4.74 Å². The van der Waals surface area contributed by atoms with E-state index in [1.54, 1.807) is 25.3 Å². The average Bonchev–Trinajstić information content (AvgIpc) is 2.48. The summed E-state index contributed by atoms with van der Waals surface area (Å²) < 4.78 is 20.0. The highest BCUT2D eigenvalue weighted by molar-refractivity contribution is 6.30. The maximum atomic E-state index is 14.1. The van der Waals surface area contributed by atoms with Gasteiger partial charge in [-0.2, -0.15) is 0 Å². The van der Waals surface area contributed by atoms with E-state index in [9.17, 15) is 4.39 Å². The van der Waals surface area contributed by atoms with E-state index in [-0.39, 0.29) is 22.5 Å². The number of rotatable bonds is 5. The molecule has 1 aromatic rings. The molecule has 3 atom stereocenters. The molecule has 0 radical (unpaired) electrons. The van der Waals surface area contributed by atoms with E-state index in [4.69, 9.17) is 22.2 Å². The maximum absolute atomic E-state index is 14.1. The van der Waals surface area contributed by atoms with Gasteiger partial charge in [-0.1, -0.05) is 43.5 Å². The van der Waals surface area contributed by atoms with Gasteiger partial charge in [-0.15, -0.1) is 0 Å². The van der Waals surface area contributed by atoms with Crippen LogP contribution in [0.3, 0.4) is 0 Å². The first-order valence-corrected chi connectivity index (χ1v) is 7.84. The minimum Gasteiger partial charge on any atom is -0.377 e. The zero-order valence-corrected chi connectivity index (χ0v) is 13.4. The molecule has 0 saturated heterocycles. The van der Waals surface area contributed by atoms with Crippen molar-refractivity contribution in [3.05, 3.63) is 34.6 Å². The summed E-state index contributed by atoms with van der Waals surface area (Å²) in [5.74, 6) is 5.98. The third kappa shape index (κ3) is 3.57.